The molecule has 0 bridgehead atoms. The van der Waals surface area contributed by atoms with Crippen molar-refractivity contribution in [3.63, 3.8) is 0 Å². The number of nitrogens with zero attached hydrogens (tertiary/aromatic N) is 2. The minimum Gasteiger partial charge on any atom is -0.487 e. The first kappa shape index (κ1) is 17.9. The maximum absolute atomic E-state index is 11.0. The third-order valence-corrected chi connectivity index (χ3v) is 5.15. The Hall–Kier alpha value is -1.91. The SMILES string of the molecule is CCN(Cc1ccncc1)[C@H]1CCC[C@@H](Oc2ccccc2C)[C@@H]1O. The van der Waals surface area contributed by atoms with Crippen molar-refractivity contribution < 1.29 is 9.84 Å². The molecule has 2 aromatic rings. The standard InChI is InChI=1S/C21H28N2O2/c1-3-23(15-17-11-13-22-14-12-17)18-8-6-10-20(21(18)24)25-19-9-5-4-7-16(19)2/h4-5,7,9,11-14,18,20-21,24H,3,6,8,10,15H2,1-2H3/t18-,20+,21+/m0/s1. The highest BCUT2D eigenvalue weighted by Gasteiger charge is 2.36. The smallest absolute Gasteiger partial charge is 0.126 e. The molecule has 1 heterocycles. The van der Waals surface area contributed by atoms with Gasteiger partial charge in [0, 0.05) is 25.0 Å². The highest BCUT2D eigenvalue weighted by molar-refractivity contribution is 5.32. The number of rotatable bonds is 6. The number of ether oxygens (including phenoxy) is 1. The zero-order valence-electron chi connectivity index (χ0n) is 15.1. The summed E-state index contributed by atoms with van der Waals surface area (Å²) in [5, 5.41) is 11.0. The van der Waals surface area contributed by atoms with Gasteiger partial charge in [-0.05, 0) is 62.1 Å². The third-order valence-electron chi connectivity index (χ3n) is 5.15. The summed E-state index contributed by atoms with van der Waals surface area (Å²) in [6.07, 6.45) is 6.01. The van der Waals surface area contributed by atoms with Crippen LogP contribution in [-0.4, -0.2) is 39.8 Å². The second-order valence-electron chi connectivity index (χ2n) is 6.83. The van der Waals surface area contributed by atoms with E-state index in [-0.39, 0.29) is 12.1 Å². The van der Waals surface area contributed by atoms with Crippen molar-refractivity contribution in [1.29, 1.82) is 0 Å². The van der Waals surface area contributed by atoms with Gasteiger partial charge < -0.3 is 9.84 Å². The van der Waals surface area contributed by atoms with Gasteiger partial charge >= 0.3 is 0 Å². The number of aryl methyl sites for hydroxylation is 1. The Labute approximate surface area is 150 Å². The van der Waals surface area contributed by atoms with Crippen LogP contribution in [0.5, 0.6) is 5.75 Å². The summed E-state index contributed by atoms with van der Waals surface area (Å²) in [6.45, 7) is 5.93. The summed E-state index contributed by atoms with van der Waals surface area (Å²) in [7, 11) is 0. The Bertz CT molecular complexity index is 662. The van der Waals surface area contributed by atoms with E-state index < -0.39 is 6.10 Å². The van der Waals surface area contributed by atoms with Crippen molar-refractivity contribution in [2.24, 2.45) is 0 Å². The van der Waals surface area contributed by atoms with Crippen LogP contribution in [0.1, 0.15) is 37.3 Å². The summed E-state index contributed by atoms with van der Waals surface area (Å²) in [6, 6.07) is 12.2. The van der Waals surface area contributed by atoms with E-state index in [2.05, 4.69) is 16.8 Å². The van der Waals surface area contributed by atoms with Gasteiger partial charge in [0.05, 0.1) is 0 Å². The van der Waals surface area contributed by atoms with Crippen LogP contribution in [0.2, 0.25) is 0 Å². The van der Waals surface area contributed by atoms with Crippen molar-refractivity contribution >= 4 is 0 Å². The first-order valence-corrected chi connectivity index (χ1v) is 9.22. The van der Waals surface area contributed by atoms with Gasteiger partial charge in [0.2, 0.25) is 0 Å². The molecule has 1 aromatic heterocycles. The summed E-state index contributed by atoms with van der Waals surface area (Å²) >= 11 is 0. The minimum atomic E-state index is -0.477. The van der Waals surface area contributed by atoms with Gasteiger partial charge in [-0.3, -0.25) is 9.88 Å². The van der Waals surface area contributed by atoms with Crippen molar-refractivity contribution in [2.75, 3.05) is 6.54 Å². The lowest BCUT2D eigenvalue weighted by molar-refractivity contribution is -0.0548. The largest absolute Gasteiger partial charge is 0.487 e. The molecule has 0 saturated heterocycles. The third kappa shape index (κ3) is 4.39. The number of benzene rings is 1. The highest BCUT2D eigenvalue weighted by Crippen LogP contribution is 2.29. The molecule has 4 nitrogen and oxygen atoms in total. The number of likely N-dealkylation sites (N-methyl/N-ethyl adjacent to an activating group) is 1. The Kier molecular flexibility index (Phi) is 6.05. The Balaban J connectivity index is 1.70. The fourth-order valence-corrected chi connectivity index (χ4v) is 3.68. The molecule has 1 aliphatic carbocycles. The van der Waals surface area contributed by atoms with Gasteiger partial charge in [0.25, 0.3) is 0 Å². The van der Waals surface area contributed by atoms with Crippen LogP contribution in [0.25, 0.3) is 0 Å². The van der Waals surface area contributed by atoms with Crippen molar-refractivity contribution in [1.82, 2.24) is 9.88 Å². The van der Waals surface area contributed by atoms with Crippen LogP contribution in [0.3, 0.4) is 0 Å². The van der Waals surface area contributed by atoms with Gasteiger partial charge in [-0.1, -0.05) is 25.1 Å². The summed E-state index contributed by atoms with van der Waals surface area (Å²) in [4.78, 5) is 6.44. The molecule has 0 unspecified atom stereocenters. The molecule has 0 spiro atoms. The lowest BCUT2D eigenvalue weighted by atomic mass is 9.88. The van der Waals surface area contributed by atoms with Crippen LogP contribution >= 0.6 is 0 Å². The molecule has 1 aliphatic rings. The molecule has 1 saturated carbocycles. The van der Waals surface area contributed by atoms with Gasteiger partial charge in [0.15, 0.2) is 0 Å². The van der Waals surface area contributed by atoms with E-state index in [1.165, 1.54) is 5.56 Å². The molecule has 1 N–H and O–H groups in total. The number of para-hydroxylation sites is 1. The molecule has 3 rings (SSSR count). The van der Waals surface area contributed by atoms with E-state index in [9.17, 15) is 5.11 Å². The monoisotopic (exact) mass is 340 g/mol. The molecule has 1 fully saturated rings. The Morgan fingerprint density at radius 3 is 2.64 bits per heavy atom. The number of hydrogen-bond acceptors (Lipinski definition) is 4. The van der Waals surface area contributed by atoms with E-state index in [4.69, 9.17) is 4.74 Å². The molecular weight excluding hydrogens is 312 g/mol. The lowest BCUT2D eigenvalue weighted by Crippen LogP contribution is -2.52. The lowest BCUT2D eigenvalue weighted by Gasteiger charge is -2.41. The molecule has 0 radical (unpaired) electrons. The first-order chi connectivity index (χ1) is 12.2. The van der Waals surface area contributed by atoms with Gasteiger partial charge in [-0.15, -0.1) is 0 Å². The van der Waals surface area contributed by atoms with E-state index >= 15 is 0 Å². The second kappa shape index (κ2) is 8.45. The Morgan fingerprint density at radius 2 is 1.92 bits per heavy atom. The fourth-order valence-electron chi connectivity index (χ4n) is 3.68. The van der Waals surface area contributed by atoms with Gasteiger partial charge in [-0.2, -0.15) is 0 Å². The van der Waals surface area contributed by atoms with E-state index in [0.29, 0.717) is 0 Å². The number of hydrogen-bond donors (Lipinski definition) is 1. The van der Waals surface area contributed by atoms with Gasteiger partial charge in [-0.25, -0.2) is 0 Å². The predicted molar refractivity (Wildman–Crippen MR) is 99.6 cm³/mol. The molecule has 0 amide bonds. The maximum Gasteiger partial charge on any atom is 0.126 e. The zero-order valence-corrected chi connectivity index (χ0v) is 15.1. The van der Waals surface area contributed by atoms with Crippen molar-refractivity contribution in [2.45, 2.75) is 57.9 Å². The zero-order chi connectivity index (χ0) is 17.6. The number of aromatic nitrogens is 1. The maximum atomic E-state index is 11.0. The predicted octanol–water partition coefficient (Wildman–Crippen LogP) is 3.57. The normalized spacial score (nSPS) is 23.6. The molecular formula is C21H28N2O2. The minimum absolute atomic E-state index is 0.126. The second-order valence-corrected chi connectivity index (χ2v) is 6.83. The van der Waals surface area contributed by atoms with Crippen LogP contribution in [-0.2, 0) is 6.54 Å². The molecule has 3 atom stereocenters. The molecule has 25 heavy (non-hydrogen) atoms. The summed E-state index contributed by atoms with van der Waals surface area (Å²) in [5.41, 5.74) is 2.34. The average molecular weight is 340 g/mol. The fraction of sp³-hybridized carbons (Fsp3) is 0.476. The average Bonchev–Trinajstić information content (AvgIpc) is 2.64. The number of aliphatic hydroxyl groups is 1. The summed E-state index contributed by atoms with van der Waals surface area (Å²) < 4.78 is 6.19. The molecule has 0 aliphatic heterocycles. The first-order valence-electron chi connectivity index (χ1n) is 9.22. The van der Waals surface area contributed by atoms with Crippen molar-refractivity contribution in [3.8, 4) is 5.75 Å². The highest BCUT2D eigenvalue weighted by atomic mass is 16.5. The quantitative estimate of drug-likeness (QED) is 0.873. The van der Waals surface area contributed by atoms with Crippen LogP contribution in [0.4, 0.5) is 0 Å². The van der Waals surface area contributed by atoms with Crippen molar-refractivity contribution in [3.05, 3.63) is 59.9 Å². The molecule has 1 aromatic carbocycles. The molecule has 4 heteroatoms. The number of pyridine rings is 1. The molecule has 134 valence electrons. The topological polar surface area (TPSA) is 45.6 Å². The van der Waals surface area contributed by atoms with E-state index in [1.807, 2.05) is 55.7 Å². The van der Waals surface area contributed by atoms with E-state index in [0.717, 1.165) is 43.7 Å². The van der Waals surface area contributed by atoms with Crippen LogP contribution < -0.4 is 4.74 Å². The van der Waals surface area contributed by atoms with Gasteiger partial charge in [0.1, 0.15) is 18.0 Å². The van der Waals surface area contributed by atoms with Crippen LogP contribution in [0.15, 0.2) is 48.8 Å². The van der Waals surface area contributed by atoms with Crippen LogP contribution in [0, 0.1) is 6.92 Å². The number of aliphatic hydroxyl groups excluding tert-OH is 1. The summed E-state index contributed by atoms with van der Waals surface area (Å²) in [5.74, 6) is 0.879. The Morgan fingerprint density at radius 1 is 1.16 bits per heavy atom. The van der Waals surface area contributed by atoms with E-state index in [1.54, 1.807) is 0 Å².